The fraction of sp³-hybridized carbons (Fsp3) is 0.818. The molecular formula is C11H21NO3S. The largest absolute Gasteiger partial charge is 0.480 e. The summed E-state index contributed by atoms with van der Waals surface area (Å²) >= 11 is 1.74. The van der Waals surface area contributed by atoms with E-state index in [1.807, 2.05) is 0 Å². The molecule has 0 heterocycles. The van der Waals surface area contributed by atoms with Gasteiger partial charge in [-0.1, -0.05) is 20.3 Å². The molecule has 4 nitrogen and oxygen atoms in total. The molecule has 2 N–H and O–H groups in total. The number of carboxylic acid groups (broad SMARTS) is 1. The Morgan fingerprint density at radius 2 is 2.00 bits per heavy atom. The summed E-state index contributed by atoms with van der Waals surface area (Å²) in [4.78, 5) is 22.0. The molecule has 1 amide bonds. The van der Waals surface area contributed by atoms with Crippen molar-refractivity contribution in [3.05, 3.63) is 0 Å². The van der Waals surface area contributed by atoms with Crippen LogP contribution < -0.4 is 5.32 Å². The van der Waals surface area contributed by atoms with Crippen molar-refractivity contribution in [1.29, 1.82) is 0 Å². The number of hydrogen-bond donors (Lipinski definition) is 2. The maximum Gasteiger partial charge on any atom is 0.326 e. The third-order valence-corrected chi connectivity index (χ3v) is 3.23. The molecule has 16 heavy (non-hydrogen) atoms. The lowest BCUT2D eigenvalue weighted by Crippen LogP contribution is -2.40. The van der Waals surface area contributed by atoms with Gasteiger partial charge in [-0.2, -0.15) is 11.8 Å². The van der Waals surface area contributed by atoms with E-state index in [2.05, 4.69) is 12.2 Å². The molecule has 0 aromatic carbocycles. The zero-order valence-corrected chi connectivity index (χ0v) is 10.8. The lowest BCUT2D eigenvalue weighted by Gasteiger charge is -2.11. The molecule has 0 spiro atoms. The van der Waals surface area contributed by atoms with Gasteiger partial charge in [-0.3, -0.25) is 4.79 Å². The average molecular weight is 247 g/mol. The van der Waals surface area contributed by atoms with Gasteiger partial charge < -0.3 is 10.4 Å². The lowest BCUT2D eigenvalue weighted by atomic mass is 10.2. The van der Waals surface area contributed by atoms with Gasteiger partial charge in [0.2, 0.25) is 5.91 Å². The summed E-state index contributed by atoms with van der Waals surface area (Å²) in [5.41, 5.74) is 0. The summed E-state index contributed by atoms with van der Waals surface area (Å²) in [6.45, 7) is 3.88. The van der Waals surface area contributed by atoms with Crippen LogP contribution >= 0.6 is 11.8 Å². The highest BCUT2D eigenvalue weighted by Gasteiger charge is 2.16. The Balaban J connectivity index is 3.61. The van der Waals surface area contributed by atoms with E-state index < -0.39 is 12.0 Å². The predicted molar refractivity (Wildman–Crippen MR) is 66.7 cm³/mol. The molecule has 0 saturated carbocycles. The van der Waals surface area contributed by atoms with Crippen LogP contribution in [-0.2, 0) is 9.59 Å². The first-order valence-corrected chi connectivity index (χ1v) is 6.87. The van der Waals surface area contributed by atoms with Crippen LogP contribution in [0.15, 0.2) is 0 Å². The summed E-state index contributed by atoms with van der Waals surface area (Å²) in [7, 11) is 0. The number of thioether (sulfide) groups is 1. The van der Waals surface area contributed by atoms with E-state index in [1.165, 1.54) is 6.42 Å². The SMILES string of the molecule is CCCCSCCC(=O)NC(CC)C(=O)O. The van der Waals surface area contributed by atoms with Gasteiger partial charge in [0.25, 0.3) is 0 Å². The number of aliphatic carboxylic acids is 1. The third kappa shape index (κ3) is 7.56. The van der Waals surface area contributed by atoms with Crippen molar-refractivity contribution in [3.8, 4) is 0 Å². The molecule has 5 heteroatoms. The predicted octanol–water partition coefficient (Wildman–Crippen LogP) is 1.89. The average Bonchev–Trinajstić information content (AvgIpc) is 2.25. The smallest absolute Gasteiger partial charge is 0.326 e. The molecule has 0 aliphatic rings. The molecule has 1 atom stereocenters. The van der Waals surface area contributed by atoms with E-state index in [-0.39, 0.29) is 5.91 Å². The monoisotopic (exact) mass is 247 g/mol. The number of carboxylic acids is 1. The molecule has 0 aromatic rings. The van der Waals surface area contributed by atoms with E-state index in [0.717, 1.165) is 17.9 Å². The summed E-state index contributed by atoms with van der Waals surface area (Å²) in [5.74, 6) is 0.703. The Bertz CT molecular complexity index is 221. The standard InChI is InChI=1S/C11H21NO3S/c1-3-5-7-16-8-6-10(13)12-9(4-2)11(14)15/h9H,3-8H2,1-2H3,(H,12,13)(H,14,15). The van der Waals surface area contributed by atoms with Gasteiger partial charge in [-0.05, 0) is 18.6 Å². The maximum atomic E-state index is 11.4. The van der Waals surface area contributed by atoms with Crippen LogP contribution in [0.25, 0.3) is 0 Å². The van der Waals surface area contributed by atoms with Gasteiger partial charge in [-0.15, -0.1) is 0 Å². The highest BCUT2D eigenvalue weighted by Crippen LogP contribution is 2.06. The number of amides is 1. The van der Waals surface area contributed by atoms with Gasteiger partial charge in [-0.25, -0.2) is 4.79 Å². The molecule has 0 fully saturated rings. The number of rotatable bonds is 9. The Kier molecular flexibility index (Phi) is 9.09. The van der Waals surface area contributed by atoms with E-state index >= 15 is 0 Å². The number of nitrogens with one attached hydrogen (secondary N) is 1. The maximum absolute atomic E-state index is 11.4. The summed E-state index contributed by atoms with van der Waals surface area (Å²) in [6.07, 6.45) is 3.15. The summed E-state index contributed by atoms with van der Waals surface area (Å²) in [6, 6.07) is -0.742. The third-order valence-electron chi connectivity index (χ3n) is 2.16. The fourth-order valence-electron chi connectivity index (χ4n) is 1.12. The van der Waals surface area contributed by atoms with E-state index in [0.29, 0.717) is 12.8 Å². The minimum Gasteiger partial charge on any atom is -0.480 e. The van der Waals surface area contributed by atoms with Crippen molar-refractivity contribution >= 4 is 23.6 Å². The van der Waals surface area contributed by atoms with Gasteiger partial charge >= 0.3 is 5.97 Å². The number of unbranched alkanes of at least 4 members (excludes halogenated alkanes) is 1. The second kappa shape index (κ2) is 9.51. The zero-order chi connectivity index (χ0) is 12.4. The molecule has 0 saturated heterocycles. The van der Waals surface area contributed by atoms with E-state index in [1.54, 1.807) is 18.7 Å². The van der Waals surface area contributed by atoms with Crippen molar-refractivity contribution in [3.63, 3.8) is 0 Å². The van der Waals surface area contributed by atoms with Crippen molar-refractivity contribution in [2.24, 2.45) is 0 Å². The van der Waals surface area contributed by atoms with Gasteiger partial charge in [0.1, 0.15) is 6.04 Å². The topological polar surface area (TPSA) is 66.4 Å². The quantitative estimate of drug-likeness (QED) is 0.611. The first kappa shape index (κ1) is 15.3. The Hall–Kier alpha value is -0.710. The van der Waals surface area contributed by atoms with Crippen LogP contribution in [0.3, 0.4) is 0 Å². The van der Waals surface area contributed by atoms with Crippen LogP contribution in [0, 0.1) is 0 Å². The first-order chi connectivity index (χ1) is 7.61. The lowest BCUT2D eigenvalue weighted by molar-refractivity contribution is -0.141. The zero-order valence-electron chi connectivity index (χ0n) is 9.99. The van der Waals surface area contributed by atoms with Gasteiger partial charge in [0, 0.05) is 12.2 Å². The van der Waals surface area contributed by atoms with Crippen LogP contribution in [-0.4, -0.2) is 34.5 Å². The molecule has 0 aromatic heterocycles. The Morgan fingerprint density at radius 1 is 1.31 bits per heavy atom. The molecule has 94 valence electrons. The van der Waals surface area contributed by atoms with E-state index in [9.17, 15) is 9.59 Å². The van der Waals surface area contributed by atoms with Crippen molar-refractivity contribution < 1.29 is 14.7 Å². The van der Waals surface area contributed by atoms with Crippen LogP contribution in [0.2, 0.25) is 0 Å². The molecular weight excluding hydrogens is 226 g/mol. The Morgan fingerprint density at radius 3 is 2.50 bits per heavy atom. The Labute approximate surface area is 101 Å². The number of hydrogen-bond acceptors (Lipinski definition) is 3. The minimum atomic E-state index is -0.963. The molecule has 1 unspecified atom stereocenters. The van der Waals surface area contributed by atoms with Gasteiger partial charge in [0.15, 0.2) is 0 Å². The fourth-order valence-corrected chi connectivity index (χ4v) is 2.14. The molecule has 0 aliphatic carbocycles. The molecule has 0 radical (unpaired) electrons. The normalized spacial score (nSPS) is 12.1. The molecule has 0 bridgehead atoms. The van der Waals surface area contributed by atoms with E-state index in [4.69, 9.17) is 5.11 Å². The number of carbonyl (C=O) groups is 2. The van der Waals surface area contributed by atoms with Crippen molar-refractivity contribution in [2.45, 2.75) is 45.6 Å². The van der Waals surface area contributed by atoms with Crippen molar-refractivity contribution in [2.75, 3.05) is 11.5 Å². The van der Waals surface area contributed by atoms with Crippen LogP contribution in [0.4, 0.5) is 0 Å². The molecule has 0 rings (SSSR count). The summed E-state index contributed by atoms with van der Waals surface area (Å²) in [5, 5.41) is 11.2. The van der Waals surface area contributed by atoms with Crippen molar-refractivity contribution in [1.82, 2.24) is 5.32 Å². The second-order valence-electron chi connectivity index (χ2n) is 3.58. The van der Waals surface area contributed by atoms with Gasteiger partial charge in [0.05, 0.1) is 0 Å². The second-order valence-corrected chi connectivity index (χ2v) is 4.81. The van der Waals surface area contributed by atoms with Crippen LogP contribution in [0.5, 0.6) is 0 Å². The number of carbonyl (C=O) groups excluding carboxylic acids is 1. The summed E-state index contributed by atoms with van der Waals surface area (Å²) < 4.78 is 0. The first-order valence-electron chi connectivity index (χ1n) is 5.71. The minimum absolute atomic E-state index is 0.168. The highest BCUT2D eigenvalue weighted by molar-refractivity contribution is 7.99. The highest BCUT2D eigenvalue weighted by atomic mass is 32.2. The molecule has 0 aliphatic heterocycles. The van der Waals surface area contributed by atoms with Crippen LogP contribution in [0.1, 0.15) is 39.5 Å².